The molecule has 0 aromatic carbocycles. The van der Waals surface area contributed by atoms with Crippen molar-refractivity contribution in [1.29, 1.82) is 0 Å². The molecular weight excluding hydrogens is 282 g/mol. The third-order valence-electron chi connectivity index (χ3n) is 4.60. The van der Waals surface area contributed by atoms with Gasteiger partial charge in [0.2, 0.25) is 5.91 Å². The zero-order valence-corrected chi connectivity index (χ0v) is 13.7. The molecule has 2 fully saturated rings. The van der Waals surface area contributed by atoms with Gasteiger partial charge in [-0.3, -0.25) is 9.59 Å². The Kier molecular flexibility index (Phi) is 3.79. The third kappa shape index (κ3) is 2.35. The monoisotopic (exact) mass is 307 g/mol. The summed E-state index contributed by atoms with van der Waals surface area (Å²) in [6, 6.07) is 0. The molecule has 4 atom stereocenters. The van der Waals surface area contributed by atoms with Crippen molar-refractivity contribution in [1.82, 2.24) is 4.90 Å². The van der Waals surface area contributed by atoms with Crippen LogP contribution in [0.3, 0.4) is 0 Å². The highest BCUT2D eigenvalue weighted by Crippen LogP contribution is 2.52. The van der Waals surface area contributed by atoms with E-state index in [0.717, 1.165) is 0 Å². The predicted molar refractivity (Wildman–Crippen MR) is 80.9 cm³/mol. The minimum atomic E-state index is -0.613. The van der Waals surface area contributed by atoms with Crippen LogP contribution in [0.15, 0.2) is 12.2 Å². The predicted octanol–water partition coefficient (Wildman–Crippen LogP) is 1.62. The molecule has 2 bridgehead atoms. The van der Waals surface area contributed by atoms with E-state index in [0.29, 0.717) is 25.6 Å². The maximum Gasteiger partial charge on any atom is 0.312 e. The van der Waals surface area contributed by atoms with E-state index in [2.05, 4.69) is 13.8 Å². The number of likely N-dealkylation sites (tertiary alicyclic amines) is 1. The fourth-order valence-corrected chi connectivity index (χ4v) is 3.79. The van der Waals surface area contributed by atoms with Crippen molar-refractivity contribution in [3.05, 3.63) is 12.2 Å². The highest BCUT2D eigenvalue weighted by Gasteiger charge is 2.67. The van der Waals surface area contributed by atoms with E-state index in [1.54, 1.807) is 0 Å². The summed E-state index contributed by atoms with van der Waals surface area (Å²) in [5.74, 6) is -0.493. The second-order valence-corrected chi connectivity index (χ2v) is 7.54. The van der Waals surface area contributed by atoms with E-state index < -0.39 is 17.4 Å². The summed E-state index contributed by atoms with van der Waals surface area (Å²) in [6.45, 7) is 9.80. The van der Waals surface area contributed by atoms with Gasteiger partial charge in [-0.2, -0.15) is 0 Å². The van der Waals surface area contributed by atoms with Crippen LogP contribution in [0.4, 0.5) is 0 Å². The number of carbonyl (C=O) groups excluding carboxylic acids is 2. The Bertz CT molecular complexity index is 513. The van der Waals surface area contributed by atoms with Crippen molar-refractivity contribution in [2.24, 2.45) is 23.7 Å². The molecule has 1 spiro atoms. The largest absolute Gasteiger partial charge is 0.465 e. The van der Waals surface area contributed by atoms with Gasteiger partial charge in [0.05, 0.1) is 25.2 Å². The average Bonchev–Trinajstić information content (AvgIpc) is 3.04. The van der Waals surface area contributed by atoms with Gasteiger partial charge in [0.15, 0.2) is 0 Å². The first-order chi connectivity index (χ1) is 10.3. The molecule has 3 heterocycles. The molecule has 0 N–H and O–H groups in total. The number of hydrogen-bond acceptors (Lipinski definition) is 4. The minimum Gasteiger partial charge on any atom is -0.465 e. The van der Waals surface area contributed by atoms with E-state index in [1.807, 2.05) is 30.9 Å². The van der Waals surface area contributed by atoms with Gasteiger partial charge in [-0.15, -0.1) is 0 Å². The molecule has 1 amide bonds. The number of amides is 1. The number of hydrogen-bond donors (Lipinski definition) is 0. The zero-order chi connectivity index (χ0) is 16.1. The number of fused-ring (bicyclic) bond motifs is 1. The summed E-state index contributed by atoms with van der Waals surface area (Å²) in [5, 5.41) is 0. The quantitative estimate of drug-likeness (QED) is 0.572. The molecule has 0 saturated carbocycles. The number of nitrogens with zero attached hydrogens (tertiary/aromatic N) is 1. The van der Waals surface area contributed by atoms with Crippen LogP contribution >= 0.6 is 0 Å². The summed E-state index contributed by atoms with van der Waals surface area (Å²) in [5.41, 5.74) is -0.613. The SMILES string of the molecule is CC(C)COC(=O)[C@H]1[C@H]2C=CC3(CN(CC(C)C)C(=O)[C@@H]13)O2. The Morgan fingerprint density at radius 3 is 2.77 bits per heavy atom. The van der Waals surface area contributed by atoms with Crippen molar-refractivity contribution < 1.29 is 19.1 Å². The van der Waals surface area contributed by atoms with Gasteiger partial charge < -0.3 is 14.4 Å². The molecule has 5 nitrogen and oxygen atoms in total. The second-order valence-electron chi connectivity index (χ2n) is 7.54. The van der Waals surface area contributed by atoms with E-state index >= 15 is 0 Å². The molecule has 0 aromatic rings. The van der Waals surface area contributed by atoms with Crippen molar-refractivity contribution in [3.63, 3.8) is 0 Å². The summed E-state index contributed by atoms with van der Waals surface area (Å²) in [4.78, 5) is 27.0. The standard InChI is InChI=1S/C17H25NO4/c1-10(2)7-18-9-17-6-5-12(22-17)13(14(17)15(18)19)16(20)21-8-11(3)4/h5-6,10-14H,7-9H2,1-4H3/t12-,13+,14-,17?/m1/s1. The Hall–Kier alpha value is -1.36. The molecule has 22 heavy (non-hydrogen) atoms. The maximum atomic E-state index is 12.8. The summed E-state index contributed by atoms with van der Waals surface area (Å²) in [6.07, 6.45) is 3.59. The maximum absolute atomic E-state index is 12.8. The van der Waals surface area contributed by atoms with E-state index in [9.17, 15) is 9.59 Å². The van der Waals surface area contributed by atoms with Crippen LogP contribution in [0, 0.1) is 23.7 Å². The topological polar surface area (TPSA) is 55.8 Å². The van der Waals surface area contributed by atoms with Gasteiger partial charge in [0.1, 0.15) is 11.5 Å². The summed E-state index contributed by atoms with van der Waals surface area (Å²) in [7, 11) is 0. The van der Waals surface area contributed by atoms with E-state index in [1.165, 1.54) is 0 Å². The number of ether oxygens (including phenoxy) is 2. The minimum absolute atomic E-state index is 0.0343. The fourth-order valence-electron chi connectivity index (χ4n) is 3.79. The lowest BCUT2D eigenvalue weighted by Crippen LogP contribution is -2.40. The fraction of sp³-hybridized carbons (Fsp3) is 0.765. The molecule has 3 aliphatic heterocycles. The zero-order valence-electron chi connectivity index (χ0n) is 13.7. The highest BCUT2D eigenvalue weighted by atomic mass is 16.6. The lowest BCUT2D eigenvalue weighted by Gasteiger charge is -2.23. The van der Waals surface area contributed by atoms with Crippen LogP contribution in [0.5, 0.6) is 0 Å². The number of carbonyl (C=O) groups is 2. The third-order valence-corrected chi connectivity index (χ3v) is 4.60. The van der Waals surface area contributed by atoms with Gasteiger partial charge in [0, 0.05) is 6.54 Å². The molecule has 3 rings (SSSR count). The first-order valence-corrected chi connectivity index (χ1v) is 8.16. The van der Waals surface area contributed by atoms with Crippen LogP contribution < -0.4 is 0 Å². The molecule has 5 heteroatoms. The molecule has 0 aromatic heterocycles. The van der Waals surface area contributed by atoms with Crippen LogP contribution in [0.25, 0.3) is 0 Å². The van der Waals surface area contributed by atoms with Crippen LogP contribution in [-0.4, -0.2) is 48.2 Å². The van der Waals surface area contributed by atoms with Gasteiger partial charge in [0.25, 0.3) is 0 Å². The Morgan fingerprint density at radius 2 is 2.14 bits per heavy atom. The Labute approximate surface area is 131 Å². The molecular formula is C17H25NO4. The second kappa shape index (κ2) is 5.37. The van der Waals surface area contributed by atoms with Crippen LogP contribution in [-0.2, 0) is 19.1 Å². The van der Waals surface area contributed by atoms with E-state index in [4.69, 9.17) is 9.47 Å². The van der Waals surface area contributed by atoms with Crippen molar-refractivity contribution in [2.75, 3.05) is 19.7 Å². The summed E-state index contributed by atoms with van der Waals surface area (Å²) < 4.78 is 11.4. The first kappa shape index (κ1) is 15.5. The Morgan fingerprint density at radius 1 is 1.41 bits per heavy atom. The smallest absolute Gasteiger partial charge is 0.312 e. The van der Waals surface area contributed by atoms with Crippen LogP contribution in [0.1, 0.15) is 27.7 Å². The number of esters is 1. The average molecular weight is 307 g/mol. The molecule has 0 radical (unpaired) electrons. The Balaban J connectivity index is 1.79. The van der Waals surface area contributed by atoms with Crippen molar-refractivity contribution in [3.8, 4) is 0 Å². The number of rotatable bonds is 5. The molecule has 3 aliphatic rings. The lowest BCUT2D eigenvalue weighted by molar-refractivity contribution is -0.154. The normalized spacial score (nSPS) is 35.8. The summed E-state index contributed by atoms with van der Waals surface area (Å²) >= 11 is 0. The molecule has 2 saturated heterocycles. The molecule has 0 aliphatic carbocycles. The van der Waals surface area contributed by atoms with E-state index in [-0.39, 0.29) is 23.9 Å². The van der Waals surface area contributed by atoms with Crippen molar-refractivity contribution in [2.45, 2.75) is 39.4 Å². The molecule has 1 unspecified atom stereocenters. The van der Waals surface area contributed by atoms with Gasteiger partial charge in [-0.1, -0.05) is 39.8 Å². The lowest BCUT2D eigenvalue weighted by atomic mass is 9.77. The molecule has 122 valence electrons. The first-order valence-electron chi connectivity index (χ1n) is 8.16. The van der Waals surface area contributed by atoms with Gasteiger partial charge in [-0.05, 0) is 11.8 Å². The van der Waals surface area contributed by atoms with Gasteiger partial charge in [-0.25, -0.2) is 0 Å². The van der Waals surface area contributed by atoms with Crippen LogP contribution in [0.2, 0.25) is 0 Å². The van der Waals surface area contributed by atoms with Gasteiger partial charge >= 0.3 is 5.97 Å². The highest BCUT2D eigenvalue weighted by molar-refractivity contribution is 5.91. The van der Waals surface area contributed by atoms with Crippen molar-refractivity contribution >= 4 is 11.9 Å².